The molecule has 0 aliphatic carbocycles. The number of benzene rings is 1. The predicted molar refractivity (Wildman–Crippen MR) is 66.1 cm³/mol. The van der Waals surface area contributed by atoms with Crippen LogP contribution in [0.3, 0.4) is 0 Å². The first-order chi connectivity index (χ1) is 8.10. The summed E-state index contributed by atoms with van der Waals surface area (Å²) in [5.41, 5.74) is 3.97. The fourth-order valence-electron chi connectivity index (χ4n) is 1.85. The molecule has 0 fully saturated rings. The van der Waals surface area contributed by atoms with Crippen molar-refractivity contribution >= 4 is 0 Å². The monoisotopic (exact) mass is 231 g/mol. The van der Waals surface area contributed by atoms with Gasteiger partial charge in [-0.3, -0.25) is 0 Å². The van der Waals surface area contributed by atoms with Gasteiger partial charge in [-0.1, -0.05) is 18.2 Å². The van der Waals surface area contributed by atoms with Crippen LogP contribution in [0.25, 0.3) is 5.69 Å². The van der Waals surface area contributed by atoms with E-state index >= 15 is 0 Å². The van der Waals surface area contributed by atoms with Crippen LogP contribution in [-0.2, 0) is 0 Å². The first kappa shape index (κ1) is 11.8. The van der Waals surface area contributed by atoms with Crippen molar-refractivity contribution in [1.82, 2.24) is 15.0 Å². The van der Waals surface area contributed by atoms with E-state index in [1.165, 1.54) is 11.1 Å². The smallest absolute Gasteiger partial charge is 0.112 e. The van der Waals surface area contributed by atoms with Gasteiger partial charge < -0.3 is 5.11 Å². The maximum Gasteiger partial charge on any atom is 0.112 e. The molecular weight excluding hydrogens is 214 g/mol. The second-order valence-corrected chi connectivity index (χ2v) is 4.36. The topological polar surface area (TPSA) is 50.9 Å². The number of aliphatic hydroxyl groups is 1. The van der Waals surface area contributed by atoms with Gasteiger partial charge in [0.05, 0.1) is 18.0 Å². The molecule has 4 heteroatoms. The standard InChI is InChI=1S/C13H17N3O/c1-4-13(17)12-8-16(15-14-12)11-6-9(2)5-10(3)7-11/h5-8,13,17H,4H2,1-3H3. The van der Waals surface area contributed by atoms with Gasteiger partial charge in [0.1, 0.15) is 5.69 Å². The molecule has 0 spiro atoms. The molecule has 1 heterocycles. The zero-order chi connectivity index (χ0) is 12.4. The van der Waals surface area contributed by atoms with Gasteiger partial charge in [-0.05, 0) is 43.5 Å². The third-order valence-corrected chi connectivity index (χ3v) is 2.71. The fourth-order valence-corrected chi connectivity index (χ4v) is 1.85. The van der Waals surface area contributed by atoms with E-state index < -0.39 is 6.10 Å². The Hall–Kier alpha value is -1.68. The molecule has 17 heavy (non-hydrogen) atoms. The number of aromatic nitrogens is 3. The van der Waals surface area contributed by atoms with Gasteiger partial charge in [0.2, 0.25) is 0 Å². The minimum Gasteiger partial charge on any atom is -0.387 e. The Kier molecular flexibility index (Phi) is 3.24. The van der Waals surface area contributed by atoms with Crippen LogP contribution in [0.2, 0.25) is 0 Å². The molecule has 0 saturated carbocycles. The Balaban J connectivity index is 2.36. The quantitative estimate of drug-likeness (QED) is 0.882. The van der Waals surface area contributed by atoms with E-state index in [9.17, 15) is 5.11 Å². The number of nitrogens with zero attached hydrogens (tertiary/aromatic N) is 3. The lowest BCUT2D eigenvalue weighted by Gasteiger charge is -2.04. The first-order valence-corrected chi connectivity index (χ1v) is 5.79. The lowest BCUT2D eigenvalue weighted by Crippen LogP contribution is -1.96. The molecule has 0 bridgehead atoms. The Labute approximate surface area is 101 Å². The summed E-state index contributed by atoms with van der Waals surface area (Å²) in [6, 6.07) is 6.20. The van der Waals surface area contributed by atoms with Crippen LogP contribution in [0.1, 0.15) is 36.3 Å². The van der Waals surface area contributed by atoms with Crippen molar-refractivity contribution in [3.8, 4) is 5.69 Å². The van der Waals surface area contributed by atoms with Crippen LogP contribution in [0, 0.1) is 13.8 Å². The Morgan fingerprint density at radius 1 is 1.24 bits per heavy atom. The van der Waals surface area contributed by atoms with Gasteiger partial charge in [-0.25, -0.2) is 4.68 Å². The van der Waals surface area contributed by atoms with E-state index in [1.807, 2.05) is 19.1 Å². The molecule has 0 aliphatic heterocycles. The molecule has 1 N–H and O–H groups in total. The van der Waals surface area contributed by atoms with Gasteiger partial charge in [-0.2, -0.15) is 0 Å². The molecule has 0 amide bonds. The molecule has 90 valence electrons. The molecule has 1 aromatic carbocycles. The van der Waals surface area contributed by atoms with E-state index in [1.54, 1.807) is 10.9 Å². The molecule has 1 unspecified atom stereocenters. The summed E-state index contributed by atoms with van der Waals surface area (Å²) in [5.74, 6) is 0. The van der Waals surface area contributed by atoms with E-state index in [0.717, 1.165) is 5.69 Å². The second-order valence-electron chi connectivity index (χ2n) is 4.36. The average Bonchev–Trinajstić information content (AvgIpc) is 2.76. The van der Waals surface area contributed by atoms with Gasteiger partial charge in [-0.15, -0.1) is 5.10 Å². The Bertz CT molecular complexity index is 499. The summed E-state index contributed by atoms with van der Waals surface area (Å²) >= 11 is 0. The number of hydrogen-bond acceptors (Lipinski definition) is 3. The van der Waals surface area contributed by atoms with Crippen molar-refractivity contribution in [2.75, 3.05) is 0 Å². The zero-order valence-electron chi connectivity index (χ0n) is 10.4. The summed E-state index contributed by atoms with van der Waals surface area (Å²) in [6.45, 7) is 6.02. The SMILES string of the molecule is CCC(O)c1cn(-c2cc(C)cc(C)c2)nn1. The molecule has 1 aromatic heterocycles. The highest BCUT2D eigenvalue weighted by atomic mass is 16.3. The van der Waals surface area contributed by atoms with E-state index in [0.29, 0.717) is 12.1 Å². The molecule has 0 saturated heterocycles. The van der Waals surface area contributed by atoms with Gasteiger partial charge in [0, 0.05) is 0 Å². The normalized spacial score (nSPS) is 12.7. The summed E-state index contributed by atoms with van der Waals surface area (Å²) in [7, 11) is 0. The van der Waals surface area contributed by atoms with Crippen LogP contribution in [0.15, 0.2) is 24.4 Å². The molecule has 0 aliphatic rings. The second kappa shape index (κ2) is 4.67. The largest absolute Gasteiger partial charge is 0.387 e. The van der Waals surface area contributed by atoms with E-state index in [-0.39, 0.29) is 0 Å². The van der Waals surface area contributed by atoms with Crippen molar-refractivity contribution in [3.05, 3.63) is 41.2 Å². The van der Waals surface area contributed by atoms with E-state index in [2.05, 4.69) is 30.2 Å². The summed E-state index contributed by atoms with van der Waals surface area (Å²) in [5, 5.41) is 17.7. The van der Waals surface area contributed by atoms with Crippen molar-refractivity contribution in [1.29, 1.82) is 0 Å². The lowest BCUT2D eigenvalue weighted by atomic mass is 10.1. The number of rotatable bonds is 3. The van der Waals surface area contributed by atoms with Crippen LogP contribution in [-0.4, -0.2) is 20.1 Å². The summed E-state index contributed by atoms with van der Waals surface area (Å²) in [6.07, 6.45) is 1.89. The maximum atomic E-state index is 9.68. The zero-order valence-corrected chi connectivity index (χ0v) is 10.4. The van der Waals surface area contributed by atoms with Gasteiger partial charge in [0.15, 0.2) is 0 Å². The van der Waals surface area contributed by atoms with Crippen LogP contribution in [0.4, 0.5) is 0 Å². The third-order valence-electron chi connectivity index (χ3n) is 2.71. The minimum absolute atomic E-state index is 0.533. The van der Waals surface area contributed by atoms with Gasteiger partial charge in [0.25, 0.3) is 0 Å². The Morgan fingerprint density at radius 3 is 2.47 bits per heavy atom. The maximum absolute atomic E-state index is 9.68. The number of aryl methyl sites for hydroxylation is 2. The number of hydrogen-bond donors (Lipinski definition) is 1. The highest BCUT2D eigenvalue weighted by molar-refractivity contribution is 5.38. The summed E-state index contributed by atoms with van der Waals surface area (Å²) < 4.78 is 1.70. The van der Waals surface area contributed by atoms with Crippen molar-refractivity contribution < 1.29 is 5.11 Å². The van der Waals surface area contributed by atoms with Gasteiger partial charge >= 0.3 is 0 Å². The molecular formula is C13H17N3O. The minimum atomic E-state index is -0.533. The van der Waals surface area contributed by atoms with Crippen molar-refractivity contribution in [3.63, 3.8) is 0 Å². The summed E-state index contributed by atoms with van der Waals surface area (Å²) in [4.78, 5) is 0. The third kappa shape index (κ3) is 2.53. The van der Waals surface area contributed by atoms with Crippen LogP contribution >= 0.6 is 0 Å². The average molecular weight is 231 g/mol. The predicted octanol–water partition coefficient (Wildman–Crippen LogP) is 2.33. The number of aliphatic hydroxyl groups excluding tert-OH is 1. The lowest BCUT2D eigenvalue weighted by molar-refractivity contribution is 0.169. The van der Waals surface area contributed by atoms with Crippen LogP contribution in [0.5, 0.6) is 0 Å². The highest BCUT2D eigenvalue weighted by Crippen LogP contribution is 2.16. The van der Waals surface area contributed by atoms with Crippen molar-refractivity contribution in [2.24, 2.45) is 0 Å². The van der Waals surface area contributed by atoms with Crippen molar-refractivity contribution in [2.45, 2.75) is 33.3 Å². The van der Waals surface area contributed by atoms with E-state index in [4.69, 9.17) is 0 Å². The molecule has 1 atom stereocenters. The molecule has 2 aromatic rings. The molecule has 0 radical (unpaired) electrons. The Morgan fingerprint density at radius 2 is 1.88 bits per heavy atom. The fraction of sp³-hybridized carbons (Fsp3) is 0.385. The molecule has 2 rings (SSSR count). The molecule has 4 nitrogen and oxygen atoms in total. The highest BCUT2D eigenvalue weighted by Gasteiger charge is 2.10. The van der Waals surface area contributed by atoms with Crippen LogP contribution < -0.4 is 0 Å². The first-order valence-electron chi connectivity index (χ1n) is 5.79.